The maximum Gasteiger partial charge on any atom is 0.0389 e. The van der Waals surface area contributed by atoms with Gasteiger partial charge in [0, 0.05) is 31.4 Å². The smallest absolute Gasteiger partial charge is 0.0389 e. The lowest BCUT2D eigenvalue weighted by Crippen LogP contribution is -2.39. The molecule has 0 unspecified atom stereocenters. The molecule has 1 aliphatic heterocycles. The van der Waals surface area contributed by atoms with E-state index in [0.29, 0.717) is 6.04 Å². The fraction of sp³-hybridized carbons (Fsp3) is 0.625. The molecule has 1 atom stereocenters. The summed E-state index contributed by atoms with van der Waals surface area (Å²) in [4.78, 5) is 2.45. The number of likely N-dealkylation sites (N-methyl/N-ethyl adjacent to an activating group) is 1. The highest BCUT2D eigenvalue weighted by Gasteiger charge is 2.16. The van der Waals surface area contributed by atoms with Crippen LogP contribution in [-0.2, 0) is 6.42 Å². The van der Waals surface area contributed by atoms with Gasteiger partial charge in [-0.1, -0.05) is 32.0 Å². The van der Waals surface area contributed by atoms with Crippen LogP contribution in [0.15, 0.2) is 24.3 Å². The van der Waals surface area contributed by atoms with Gasteiger partial charge in [0.05, 0.1) is 0 Å². The first-order chi connectivity index (χ1) is 9.33. The molecule has 0 spiro atoms. The Hall–Kier alpha value is -1.06. The van der Waals surface area contributed by atoms with Crippen LogP contribution in [0.1, 0.15) is 25.8 Å². The third kappa shape index (κ3) is 4.22. The summed E-state index contributed by atoms with van der Waals surface area (Å²) in [6, 6.07) is 9.24. The number of benzene rings is 1. The highest BCUT2D eigenvalue weighted by atomic mass is 15.1. The molecule has 1 aliphatic rings. The number of nitrogens with zero attached hydrogens (tertiary/aromatic N) is 1. The summed E-state index contributed by atoms with van der Waals surface area (Å²) in [6.07, 6.45) is 2.43. The standard InChI is InChI=1S/C16H27N3/c1-3-19(4-2)12-11-17-13-15-10-9-14-7-5-6-8-16(14)18-15/h5-8,15,17-18H,3-4,9-13H2,1-2H3/t15-/m1/s1. The van der Waals surface area contributed by atoms with Gasteiger partial charge in [0.1, 0.15) is 0 Å². The molecule has 1 aromatic carbocycles. The Bertz CT molecular complexity index is 374. The van der Waals surface area contributed by atoms with Gasteiger partial charge in [-0.25, -0.2) is 0 Å². The van der Waals surface area contributed by atoms with E-state index >= 15 is 0 Å². The minimum atomic E-state index is 0.576. The molecular weight excluding hydrogens is 234 g/mol. The van der Waals surface area contributed by atoms with Crippen molar-refractivity contribution < 1.29 is 0 Å². The fourth-order valence-electron chi connectivity index (χ4n) is 2.71. The van der Waals surface area contributed by atoms with Gasteiger partial charge in [0.25, 0.3) is 0 Å². The van der Waals surface area contributed by atoms with E-state index in [2.05, 4.69) is 53.6 Å². The topological polar surface area (TPSA) is 27.3 Å². The monoisotopic (exact) mass is 261 g/mol. The van der Waals surface area contributed by atoms with Crippen molar-refractivity contribution in [1.82, 2.24) is 10.2 Å². The Morgan fingerprint density at radius 3 is 2.84 bits per heavy atom. The van der Waals surface area contributed by atoms with E-state index in [1.165, 1.54) is 24.1 Å². The minimum Gasteiger partial charge on any atom is -0.381 e. The first kappa shape index (κ1) is 14.4. The molecular formula is C16H27N3. The highest BCUT2D eigenvalue weighted by molar-refractivity contribution is 5.53. The molecule has 3 nitrogen and oxygen atoms in total. The fourth-order valence-corrected chi connectivity index (χ4v) is 2.71. The van der Waals surface area contributed by atoms with E-state index in [-0.39, 0.29) is 0 Å². The summed E-state index contributed by atoms with van der Waals surface area (Å²) >= 11 is 0. The zero-order valence-electron chi connectivity index (χ0n) is 12.3. The summed E-state index contributed by atoms with van der Waals surface area (Å²) in [5.74, 6) is 0. The molecule has 106 valence electrons. The second kappa shape index (κ2) is 7.51. The SMILES string of the molecule is CCN(CC)CCNC[C@H]1CCc2ccccc2N1. The van der Waals surface area contributed by atoms with Crippen molar-refractivity contribution in [1.29, 1.82) is 0 Å². The molecule has 0 bridgehead atoms. The second-order valence-electron chi connectivity index (χ2n) is 5.27. The molecule has 1 heterocycles. The lowest BCUT2D eigenvalue weighted by molar-refractivity contribution is 0.301. The zero-order chi connectivity index (χ0) is 13.5. The lowest BCUT2D eigenvalue weighted by Gasteiger charge is -2.27. The molecule has 0 saturated heterocycles. The Labute approximate surface area is 117 Å². The largest absolute Gasteiger partial charge is 0.381 e. The van der Waals surface area contributed by atoms with Crippen LogP contribution >= 0.6 is 0 Å². The van der Waals surface area contributed by atoms with Crippen molar-refractivity contribution >= 4 is 5.69 Å². The molecule has 3 heteroatoms. The van der Waals surface area contributed by atoms with Crippen molar-refractivity contribution in [2.75, 3.05) is 38.0 Å². The van der Waals surface area contributed by atoms with Gasteiger partial charge in [-0.2, -0.15) is 0 Å². The van der Waals surface area contributed by atoms with Crippen molar-refractivity contribution in [2.45, 2.75) is 32.7 Å². The molecule has 19 heavy (non-hydrogen) atoms. The Kier molecular flexibility index (Phi) is 5.67. The number of nitrogens with one attached hydrogen (secondary N) is 2. The van der Waals surface area contributed by atoms with E-state index in [1.807, 2.05) is 0 Å². The van der Waals surface area contributed by atoms with Crippen molar-refractivity contribution in [3.63, 3.8) is 0 Å². The Morgan fingerprint density at radius 2 is 2.05 bits per heavy atom. The van der Waals surface area contributed by atoms with E-state index in [4.69, 9.17) is 0 Å². The summed E-state index contributed by atoms with van der Waals surface area (Å²) < 4.78 is 0. The molecule has 0 radical (unpaired) electrons. The number of fused-ring (bicyclic) bond motifs is 1. The molecule has 0 saturated carbocycles. The van der Waals surface area contributed by atoms with Gasteiger partial charge in [0.2, 0.25) is 0 Å². The van der Waals surface area contributed by atoms with Crippen LogP contribution in [0.3, 0.4) is 0 Å². The third-order valence-corrected chi connectivity index (χ3v) is 4.03. The van der Waals surface area contributed by atoms with Gasteiger partial charge >= 0.3 is 0 Å². The summed E-state index contributed by atoms with van der Waals surface area (Å²) in [5, 5.41) is 7.22. The summed E-state index contributed by atoms with van der Waals surface area (Å²) in [6.45, 7) is 10.0. The predicted octanol–water partition coefficient (Wildman–Crippen LogP) is 2.34. The zero-order valence-corrected chi connectivity index (χ0v) is 12.3. The lowest BCUT2D eigenvalue weighted by atomic mass is 9.98. The Morgan fingerprint density at radius 1 is 1.26 bits per heavy atom. The van der Waals surface area contributed by atoms with E-state index in [1.54, 1.807) is 0 Å². The molecule has 0 fully saturated rings. The highest BCUT2D eigenvalue weighted by Crippen LogP contribution is 2.23. The predicted molar refractivity (Wildman–Crippen MR) is 82.8 cm³/mol. The van der Waals surface area contributed by atoms with Gasteiger partial charge in [-0.3, -0.25) is 0 Å². The third-order valence-electron chi connectivity index (χ3n) is 4.03. The molecule has 0 aromatic heterocycles. The number of para-hydroxylation sites is 1. The quantitative estimate of drug-likeness (QED) is 0.738. The van der Waals surface area contributed by atoms with Crippen LogP contribution in [0.2, 0.25) is 0 Å². The number of anilines is 1. The van der Waals surface area contributed by atoms with E-state index in [9.17, 15) is 0 Å². The second-order valence-corrected chi connectivity index (χ2v) is 5.27. The van der Waals surface area contributed by atoms with Gasteiger partial charge in [-0.05, 0) is 37.6 Å². The molecule has 2 N–H and O–H groups in total. The first-order valence-corrected chi connectivity index (χ1v) is 7.61. The number of hydrogen-bond donors (Lipinski definition) is 2. The van der Waals surface area contributed by atoms with Gasteiger partial charge < -0.3 is 15.5 Å². The van der Waals surface area contributed by atoms with Crippen LogP contribution in [-0.4, -0.2) is 43.7 Å². The van der Waals surface area contributed by atoms with Crippen molar-refractivity contribution in [2.24, 2.45) is 0 Å². The van der Waals surface area contributed by atoms with Gasteiger partial charge in [-0.15, -0.1) is 0 Å². The summed E-state index contributed by atoms with van der Waals surface area (Å²) in [7, 11) is 0. The maximum absolute atomic E-state index is 3.64. The van der Waals surface area contributed by atoms with Gasteiger partial charge in [0.15, 0.2) is 0 Å². The minimum absolute atomic E-state index is 0.576. The van der Waals surface area contributed by atoms with Crippen LogP contribution in [0.5, 0.6) is 0 Å². The maximum atomic E-state index is 3.64. The van der Waals surface area contributed by atoms with Crippen LogP contribution < -0.4 is 10.6 Å². The number of aryl methyl sites for hydroxylation is 1. The molecule has 2 rings (SSSR count). The van der Waals surface area contributed by atoms with Crippen LogP contribution in [0.4, 0.5) is 5.69 Å². The average Bonchev–Trinajstić information content (AvgIpc) is 2.47. The molecule has 1 aromatic rings. The normalized spacial score (nSPS) is 18.2. The van der Waals surface area contributed by atoms with Crippen molar-refractivity contribution in [3.05, 3.63) is 29.8 Å². The molecule has 0 amide bonds. The number of hydrogen-bond acceptors (Lipinski definition) is 3. The van der Waals surface area contributed by atoms with Crippen LogP contribution in [0.25, 0.3) is 0 Å². The average molecular weight is 261 g/mol. The Balaban J connectivity index is 1.68. The van der Waals surface area contributed by atoms with E-state index < -0.39 is 0 Å². The first-order valence-electron chi connectivity index (χ1n) is 7.61. The van der Waals surface area contributed by atoms with E-state index in [0.717, 1.165) is 32.7 Å². The summed E-state index contributed by atoms with van der Waals surface area (Å²) in [5.41, 5.74) is 2.78. The number of rotatable bonds is 7. The van der Waals surface area contributed by atoms with Crippen LogP contribution in [0, 0.1) is 0 Å². The van der Waals surface area contributed by atoms with Crippen molar-refractivity contribution in [3.8, 4) is 0 Å². The molecule has 0 aliphatic carbocycles.